The van der Waals surface area contributed by atoms with Gasteiger partial charge >= 0.3 is 5.97 Å². The van der Waals surface area contributed by atoms with Crippen LogP contribution in [0.1, 0.15) is 11.1 Å². The molecule has 0 radical (unpaired) electrons. The molecule has 0 saturated heterocycles. The quantitative estimate of drug-likeness (QED) is 0.825. The normalized spacial score (nSPS) is 10.7. The lowest BCUT2D eigenvalue weighted by atomic mass is 10.1. The summed E-state index contributed by atoms with van der Waals surface area (Å²) in [6, 6.07) is 4.81. The zero-order valence-corrected chi connectivity index (χ0v) is 10.9. The Labute approximate surface area is 111 Å². The number of likely N-dealkylation sites (N-methyl/N-ethyl adjacent to an activating group) is 1. The summed E-state index contributed by atoms with van der Waals surface area (Å²) in [5, 5.41) is 8.42. The molecule has 1 amide bonds. The Hall–Kier alpha value is -2.17. The van der Waals surface area contributed by atoms with Crippen molar-refractivity contribution in [2.24, 2.45) is 0 Å². The molecule has 0 atom stereocenters. The van der Waals surface area contributed by atoms with E-state index in [1.165, 1.54) is 11.0 Å². The topological polar surface area (TPSA) is 57.6 Å². The number of hydrogen-bond acceptors (Lipinski definition) is 2. The van der Waals surface area contributed by atoms with Gasteiger partial charge in [0.1, 0.15) is 5.82 Å². The summed E-state index contributed by atoms with van der Waals surface area (Å²) >= 11 is 0. The SMILES string of the molecule is Cc1cc(CCN(C)C(=O)/C=C/C(=O)O)ccc1F. The summed E-state index contributed by atoms with van der Waals surface area (Å²) in [5.41, 5.74) is 1.50. The van der Waals surface area contributed by atoms with Crippen LogP contribution in [0.3, 0.4) is 0 Å². The third-order valence-electron chi connectivity index (χ3n) is 2.70. The van der Waals surface area contributed by atoms with Crippen molar-refractivity contribution in [3.8, 4) is 0 Å². The Bertz CT molecular complexity index is 511. The lowest BCUT2D eigenvalue weighted by molar-refractivity contribution is -0.132. The van der Waals surface area contributed by atoms with E-state index in [1.807, 2.05) is 0 Å². The van der Waals surface area contributed by atoms with Crippen LogP contribution in [0.15, 0.2) is 30.4 Å². The largest absolute Gasteiger partial charge is 0.478 e. The van der Waals surface area contributed by atoms with E-state index >= 15 is 0 Å². The molecule has 0 bridgehead atoms. The number of carboxylic acids is 1. The first kappa shape index (κ1) is 14.9. The van der Waals surface area contributed by atoms with Crippen molar-refractivity contribution in [1.29, 1.82) is 0 Å². The molecule has 4 nitrogen and oxygen atoms in total. The monoisotopic (exact) mass is 265 g/mol. The molecule has 0 aromatic heterocycles. The van der Waals surface area contributed by atoms with Gasteiger partial charge in [-0.05, 0) is 30.5 Å². The van der Waals surface area contributed by atoms with Crippen LogP contribution in [0.2, 0.25) is 0 Å². The van der Waals surface area contributed by atoms with E-state index in [0.717, 1.165) is 17.7 Å². The van der Waals surface area contributed by atoms with Gasteiger partial charge in [0.25, 0.3) is 0 Å². The van der Waals surface area contributed by atoms with Crippen LogP contribution in [-0.4, -0.2) is 35.5 Å². The molecule has 0 saturated carbocycles. The average Bonchev–Trinajstić information content (AvgIpc) is 2.36. The van der Waals surface area contributed by atoms with Gasteiger partial charge in [-0.25, -0.2) is 9.18 Å². The van der Waals surface area contributed by atoms with Crippen LogP contribution in [-0.2, 0) is 16.0 Å². The number of aryl methyl sites for hydroxylation is 1. The molecule has 1 aromatic rings. The molecule has 0 aliphatic rings. The Balaban J connectivity index is 2.54. The van der Waals surface area contributed by atoms with Crippen molar-refractivity contribution >= 4 is 11.9 Å². The molecule has 0 aliphatic heterocycles. The van der Waals surface area contributed by atoms with Gasteiger partial charge in [-0.15, -0.1) is 0 Å². The van der Waals surface area contributed by atoms with Gasteiger partial charge < -0.3 is 10.0 Å². The summed E-state index contributed by atoms with van der Waals surface area (Å²) in [4.78, 5) is 23.2. The Morgan fingerprint density at radius 1 is 1.37 bits per heavy atom. The Kier molecular flexibility index (Phi) is 5.23. The van der Waals surface area contributed by atoms with Crippen LogP contribution in [0.4, 0.5) is 4.39 Å². The first-order valence-corrected chi connectivity index (χ1v) is 5.81. The second-order valence-corrected chi connectivity index (χ2v) is 4.26. The number of carboxylic acid groups (broad SMARTS) is 1. The summed E-state index contributed by atoms with van der Waals surface area (Å²) in [5.74, 6) is -1.78. The van der Waals surface area contributed by atoms with Crippen LogP contribution >= 0.6 is 0 Å². The third kappa shape index (κ3) is 4.91. The number of hydrogen-bond donors (Lipinski definition) is 1. The molecule has 102 valence electrons. The number of benzene rings is 1. The summed E-state index contributed by atoms with van der Waals surface area (Å²) in [6.45, 7) is 2.12. The first-order chi connectivity index (χ1) is 8.90. The molecule has 1 N–H and O–H groups in total. The maximum atomic E-state index is 13.1. The predicted octanol–water partition coefficient (Wildman–Crippen LogP) is 1.78. The second-order valence-electron chi connectivity index (χ2n) is 4.26. The van der Waals surface area contributed by atoms with Crippen molar-refractivity contribution in [2.45, 2.75) is 13.3 Å². The highest BCUT2D eigenvalue weighted by Gasteiger charge is 2.06. The fraction of sp³-hybridized carbons (Fsp3) is 0.286. The van der Waals surface area contributed by atoms with Gasteiger partial charge in [-0.1, -0.05) is 12.1 Å². The molecule has 0 spiro atoms. The zero-order valence-electron chi connectivity index (χ0n) is 10.9. The molecule has 1 rings (SSSR count). The van der Waals surface area contributed by atoms with E-state index in [1.54, 1.807) is 26.1 Å². The number of nitrogens with zero attached hydrogens (tertiary/aromatic N) is 1. The highest BCUT2D eigenvalue weighted by Crippen LogP contribution is 2.10. The number of rotatable bonds is 5. The van der Waals surface area contributed by atoms with E-state index in [2.05, 4.69) is 0 Å². The third-order valence-corrected chi connectivity index (χ3v) is 2.70. The smallest absolute Gasteiger partial charge is 0.328 e. The maximum Gasteiger partial charge on any atom is 0.328 e. The standard InChI is InChI=1S/C14H16FNO3/c1-10-9-11(3-4-12(10)15)7-8-16(2)13(17)5-6-14(18)19/h3-6,9H,7-8H2,1-2H3,(H,18,19)/b6-5+. The molecular weight excluding hydrogens is 249 g/mol. The molecule has 5 heteroatoms. The molecule has 0 heterocycles. The average molecular weight is 265 g/mol. The van der Waals surface area contributed by atoms with E-state index < -0.39 is 5.97 Å². The van der Waals surface area contributed by atoms with Gasteiger partial charge in [-0.2, -0.15) is 0 Å². The molecule has 0 fully saturated rings. The van der Waals surface area contributed by atoms with Crippen molar-refractivity contribution in [3.63, 3.8) is 0 Å². The van der Waals surface area contributed by atoms with Crippen LogP contribution < -0.4 is 0 Å². The van der Waals surface area contributed by atoms with Gasteiger partial charge in [0.2, 0.25) is 5.91 Å². The fourth-order valence-electron chi connectivity index (χ4n) is 1.54. The fourth-order valence-corrected chi connectivity index (χ4v) is 1.54. The maximum absolute atomic E-state index is 13.1. The van der Waals surface area contributed by atoms with Gasteiger partial charge in [0.05, 0.1) is 0 Å². The Morgan fingerprint density at radius 3 is 2.63 bits per heavy atom. The van der Waals surface area contributed by atoms with E-state index in [9.17, 15) is 14.0 Å². The minimum Gasteiger partial charge on any atom is -0.478 e. The lowest BCUT2D eigenvalue weighted by Crippen LogP contribution is -2.27. The van der Waals surface area contributed by atoms with E-state index in [0.29, 0.717) is 18.5 Å². The first-order valence-electron chi connectivity index (χ1n) is 5.81. The molecule has 1 aromatic carbocycles. The molecular formula is C14H16FNO3. The highest BCUT2D eigenvalue weighted by atomic mass is 19.1. The Morgan fingerprint density at radius 2 is 2.05 bits per heavy atom. The minimum absolute atomic E-state index is 0.252. The van der Waals surface area contributed by atoms with Crippen LogP contribution in [0.25, 0.3) is 0 Å². The number of halogens is 1. The summed E-state index contributed by atoms with van der Waals surface area (Å²) < 4.78 is 13.1. The van der Waals surface area contributed by atoms with Crippen molar-refractivity contribution in [1.82, 2.24) is 4.90 Å². The van der Waals surface area contributed by atoms with E-state index in [-0.39, 0.29) is 11.7 Å². The van der Waals surface area contributed by atoms with Crippen LogP contribution in [0.5, 0.6) is 0 Å². The predicted molar refractivity (Wildman–Crippen MR) is 69.3 cm³/mol. The van der Waals surface area contributed by atoms with Crippen molar-refractivity contribution in [3.05, 3.63) is 47.3 Å². The molecule has 0 unspecified atom stereocenters. The second kappa shape index (κ2) is 6.68. The number of carbonyl (C=O) groups excluding carboxylic acids is 1. The van der Waals surface area contributed by atoms with Crippen LogP contribution in [0, 0.1) is 12.7 Å². The van der Waals surface area contributed by atoms with E-state index in [4.69, 9.17) is 5.11 Å². The summed E-state index contributed by atoms with van der Waals surface area (Å²) in [6.07, 6.45) is 2.41. The molecule has 19 heavy (non-hydrogen) atoms. The number of aliphatic carboxylic acids is 1. The highest BCUT2D eigenvalue weighted by molar-refractivity contribution is 5.93. The minimum atomic E-state index is -1.16. The van der Waals surface area contributed by atoms with Crippen molar-refractivity contribution in [2.75, 3.05) is 13.6 Å². The van der Waals surface area contributed by atoms with Gasteiger partial charge in [0.15, 0.2) is 0 Å². The zero-order chi connectivity index (χ0) is 14.4. The van der Waals surface area contributed by atoms with Crippen molar-refractivity contribution < 1.29 is 19.1 Å². The summed E-state index contributed by atoms with van der Waals surface area (Å²) in [7, 11) is 1.59. The van der Waals surface area contributed by atoms with Gasteiger partial charge in [-0.3, -0.25) is 4.79 Å². The number of carbonyl (C=O) groups is 2. The molecule has 0 aliphatic carbocycles. The van der Waals surface area contributed by atoms with Gasteiger partial charge in [0, 0.05) is 25.7 Å². The lowest BCUT2D eigenvalue weighted by Gasteiger charge is -2.15. The number of amides is 1.